The zero-order valence-corrected chi connectivity index (χ0v) is 8.40. The Morgan fingerprint density at radius 1 is 1.47 bits per heavy atom. The molecular formula is C10H10N2O3. The Hall–Kier alpha value is -2.04. The summed E-state index contributed by atoms with van der Waals surface area (Å²) in [6, 6.07) is 3.43. The lowest BCUT2D eigenvalue weighted by atomic mass is 10.3. The summed E-state index contributed by atoms with van der Waals surface area (Å²) < 4.78 is 9.68. The van der Waals surface area contributed by atoms with Crippen molar-refractivity contribution in [2.45, 2.75) is 0 Å². The number of ether oxygens (including phenoxy) is 2. The molecule has 0 atom stereocenters. The molecular weight excluding hydrogens is 196 g/mol. The molecule has 2 rings (SSSR count). The molecule has 5 heteroatoms. The van der Waals surface area contributed by atoms with Gasteiger partial charge in [-0.1, -0.05) is 0 Å². The maximum atomic E-state index is 11.3. The number of carbonyl (C=O) groups is 1. The molecule has 0 aromatic carbocycles. The van der Waals surface area contributed by atoms with Gasteiger partial charge >= 0.3 is 5.97 Å². The Morgan fingerprint density at radius 3 is 2.93 bits per heavy atom. The fourth-order valence-electron chi connectivity index (χ4n) is 1.41. The van der Waals surface area contributed by atoms with Gasteiger partial charge in [-0.25, -0.2) is 9.78 Å². The number of nitrogens with one attached hydrogen (secondary N) is 1. The Labute approximate surface area is 86.0 Å². The van der Waals surface area contributed by atoms with Crippen LogP contribution in [-0.4, -0.2) is 30.2 Å². The number of aromatic nitrogens is 2. The van der Waals surface area contributed by atoms with Gasteiger partial charge in [0.05, 0.1) is 25.1 Å². The highest BCUT2D eigenvalue weighted by molar-refractivity contribution is 5.96. The number of nitrogens with zero attached hydrogens (tertiary/aromatic N) is 1. The van der Waals surface area contributed by atoms with Crippen LogP contribution < -0.4 is 4.74 Å². The molecule has 1 N–H and O–H groups in total. The zero-order valence-electron chi connectivity index (χ0n) is 8.40. The van der Waals surface area contributed by atoms with E-state index in [1.165, 1.54) is 14.2 Å². The van der Waals surface area contributed by atoms with Gasteiger partial charge in [0.15, 0.2) is 0 Å². The van der Waals surface area contributed by atoms with Crippen LogP contribution in [0.3, 0.4) is 0 Å². The van der Waals surface area contributed by atoms with Crippen LogP contribution in [0.5, 0.6) is 5.88 Å². The van der Waals surface area contributed by atoms with E-state index in [1.54, 1.807) is 18.3 Å². The van der Waals surface area contributed by atoms with Crippen molar-refractivity contribution in [1.29, 1.82) is 0 Å². The Bertz CT molecular complexity index is 504. The van der Waals surface area contributed by atoms with Crippen molar-refractivity contribution in [2.75, 3.05) is 14.2 Å². The molecule has 0 fully saturated rings. The van der Waals surface area contributed by atoms with Crippen molar-refractivity contribution < 1.29 is 14.3 Å². The van der Waals surface area contributed by atoms with Crippen molar-refractivity contribution in [3.8, 4) is 5.88 Å². The van der Waals surface area contributed by atoms with Crippen molar-refractivity contribution in [1.82, 2.24) is 9.97 Å². The van der Waals surface area contributed by atoms with Crippen molar-refractivity contribution in [3.05, 3.63) is 24.0 Å². The monoisotopic (exact) mass is 206 g/mol. The van der Waals surface area contributed by atoms with Gasteiger partial charge in [-0.2, -0.15) is 0 Å². The third kappa shape index (κ3) is 1.52. The summed E-state index contributed by atoms with van der Waals surface area (Å²) in [7, 11) is 2.87. The molecule has 15 heavy (non-hydrogen) atoms. The fraction of sp³-hybridized carbons (Fsp3) is 0.200. The normalized spacial score (nSPS) is 10.3. The second-order valence-electron chi connectivity index (χ2n) is 2.96. The van der Waals surface area contributed by atoms with E-state index in [-0.39, 0.29) is 0 Å². The quantitative estimate of drug-likeness (QED) is 0.753. The van der Waals surface area contributed by atoms with E-state index in [4.69, 9.17) is 4.74 Å². The molecule has 0 saturated heterocycles. The van der Waals surface area contributed by atoms with Gasteiger partial charge in [-0.15, -0.1) is 0 Å². The van der Waals surface area contributed by atoms with Gasteiger partial charge in [0.1, 0.15) is 5.69 Å². The van der Waals surface area contributed by atoms with E-state index >= 15 is 0 Å². The highest BCUT2D eigenvalue weighted by atomic mass is 16.5. The Morgan fingerprint density at radius 2 is 2.27 bits per heavy atom. The van der Waals surface area contributed by atoms with Gasteiger partial charge < -0.3 is 14.5 Å². The minimum absolute atomic E-state index is 0.388. The van der Waals surface area contributed by atoms with Crippen LogP contribution in [0, 0.1) is 0 Å². The molecule has 0 aliphatic carbocycles. The summed E-state index contributed by atoms with van der Waals surface area (Å²) in [5.41, 5.74) is 1.18. The number of hydrogen-bond acceptors (Lipinski definition) is 4. The number of carbonyl (C=O) groups excluding carboxylic acids is 1. The number of rotatable bonds is 2. The highest BCUT2D eigenvalue weighted by Gasteiger charge is 2.12. The van der Waals surface area contributed by atoms with Crippen LogP contribution >= 0.6 is 0 Å². The molecule has 2 aromatic rings. The molecule has 0 saturated carbocycles. The summed E-state index contributed by atoms with van der Waals surface area (Å²) in [5, 5.41) is 0.764. The Balaban J connectivity index is 2.60. The predicted octanol–water partition coefficient (Wildman–Crippen LogP) is 1.36. The van der Waals surface area contributed by atoms with Crippen molar-refractivity contribution in [2.24, 2.45) is 0 Å². The minimum Gasteiger partial charge on any atom is -0.481 e. The molecule has 2 aromatic heterocycles. The van der Waals surface area contributed by atoms with Gasteiger partial charge in [-0.3, -0.25) is 0 Å². The summed E-state index contributed by atoms with van der Waals surface area (Å²) in [6.07, 6.45) is 1.61. The Kier molecular flexibility index (Phi) is 2.29. The van der Waals surface area contributed by atoms with Gasteiger partial charge in [0.25, 0.3) is 0 Å². The third-order valence-electron chi connectivity index (χ3n) is 2.11. The summed E-state index contributed by atoms with van der Waals surface area (Å²) in [6.45, 7) is 0. The first-order chi connectivity index (χ1) is 7.26. The van der Waals surface area contributed by atoms with Crippen molar-refractivity contribution >= 4 is 16.9 Å². The van der Waals surface area contributed by atoms with E-state index < -0.39 is 5.97 Å². The molecule has 0 radical (unpaired) electrons. The molecule has 78 valence electrons. The minimum atomic E-state index is -0.409. The second kappa shape index (κ2) is 3.61. The second-order valence-corrected chi connectivity index (χ2v) is 2.96. The maximum absolute atomic E-state index is 11.3. The average molecular weight is 206 g/mol. The molecule has 0 bridgehead atoms. The van der Waals surface area contributed by atoms with Crippen LogP contribution in [0.15, 0.2) is 18.3 Å². The first-order valence-electron chi connectivity index (χ1n) is 4.36. The SMILES string of the molecule is COC(=O)c1cc2c(OC)nccc2[nH]1. The van der Waals surface area contributed by atoms with Crippen molar-refractivity contribution in [3.63, 3.8) is 0 Å². The largest absolute Gasteiger partial charge is 0.481 e. The molecule has 0 aliphatic rings. The van der Waals surface area contributed by atoms with Gasteiger partial charge in [-0.05, 0) is 12.1 Å². The molecule has 0 amide bonds. The number of fused-ring (bicyclic) bond motifs is 1. The van der Waals surface area contributed by atoms with E-state index in [1.807, 2.05) is 0 Å². The zero-order chi connectivity index (χ0) is 10.8. The van der Waals surface area contributed by atoms with Gasteiger partial charge in [0.2, 0.25) is 5.88 Å². The van der Waals surface area contributed by atoms with Crippen LogP contribution in [0.4, 0.5) is 0 Å². The van der Waals surface area contributed by atoms with Crippen LogP contribution in [0.2, 0.25) is 0 Å². The lowest BCUT2D eigenvalue weighted by Gasteiger charge is -1.97. The lowest BCUT2D eigenvalue weighted by Crippen LogP contribution is -2.00. The lowest BCUT2D eigenvalue weighted by molar-refractivity contribution is 0.0595. The number of pyridine rings is 1. The van der Waals surface area contributed by atoms with Crippen LogP contribution in [0.1, 0.15) is 10.5 Å². The topological polar surface area (TPSA) is 64.2 Å². The van der Waals surface area contributed by atoms with Gasteiger partial charge in [0, 0.05) is 6.20 Å². The predicted molar refractivity (Wildman–Crippen MR) is 54.0 cm³/mol. The molecule has 0 aliphatic heterocycles. The highest BCUT2D eigenvalue weighted by Crippen LogP contribution is 2.23. The van der Waals surface area contributed by atoms with E-state index in [0.717, 1.165) is 10.9 Å². The van der Waals surface area contributed by atoms with E-state index in [0.29, 0.717) is 11.6 Å². The number of esters is 1. The molecule has 0 unspecified atom stereocenters. The average Bonchev–Trinajstić information content (AvgIpc) is 2.71. The first kappa shape index (κ1) is 9.51. The third-order valence-corrected chi connectivity index (χ3v) is 2.11. The summed E-state index contributed by atoms with van der Waals surface area (Å²) in [5.74, 6) is 0.0761. The summed E-state index contributed by atoms with van der Waals surface area (Å²) >= 11 is 0. The maximum Gasteiger partial charge on any atom is 0.354 e. The van der Waals surface area contributed by atoms with E-state index in [2.05, 4.69) is 14.7 Å². The standard InChI is InChI=1S/C10H10N2O3/c1-14-9-6-5-8(10(13)15-2)12-7(6)3-4-11-9/h3-5,12H,1-2H3. The van der Waals surface area contributed by atoms with Crippen LogP contribution in [0.25, 0.3) is 10.9 Å². The molecule has 2 heterocycles. The summed E-state index contributed by atoms with van der Waals surface area (Å²) in [4.78, 5) is 18.2. The first-order valence-corrected chi connectivity index (χ1v) is 4.36. The number of methoxy groups -OCH3 is 2. The molecule has 5 nitrogen and oxygen atoms in total. The fourth-order valence-corrected chi connectivity index (χ4v) is 1.41. The number of aromatic amines is 1. The smallest absolute Gasteiger partial charge is 0.354 e. The number of H-pyrrole nitrogens is 1. The van der Waals surface area contributed by atoms with E-state index in [9.17, 15) is 4.79 Å². The number of hydrogen-bond donors (Lipinski definition) is 1. The van der Waals surface area contributed by atoms with Crippen LogP contribution in [-0.2, 0) is 4.74 Å². The molecule has 0 spiro atoms.